The van der Waals surface area contributed by atoms with Crippen LogP contribution in [0.4, 0.5) is 19.3 Å². The molecule has 0 spiro atoms. The summed E-state index contributed by atoms with van der Waals surface area (Å²) in [4.78, 5) is 13.9. The molecule has 0 aliphatic carbocycles. The van der Waals surface area contributed by atoms with Crippen LogP contribution in [-0.2, 0) is 17.8 Å². The highest BCUT2D eigenvalue weighted by molar-refractivity contribution is 5.73. The van der Waals surface area contributed by atoms with Crippen LogP contribution in [0.2, 0.25) is 0 Å². The number of hydrogen-bond donors (Lipinski definition) is 2. The number of carbonyl (C=O) groups is 1. The number of anilines is 1. The van der Waals surface area contributed by atoms with Gasteiger partial charge in [-0.05, 0) is 49.2 Å². The van der Waals surface area contributed by atoms with E-state index in [2.05, 4.69) is 10.6 Å². The molecule has 1 fully saturated rings. The van der Waals surface area contributed by atoms with Crippen LogP contribution in [-0.4, -0.2) is 31.3 Å². The number of ether oxygens (including phenoxy) is 1. The van der Waals surface area contributed by atoms with Crippen LogP contribution >= 0.6 is 0 Å². The summed E-state index contributed by atoms with van der Waals surface area (Å²) >= 11 is 0. The maximum Gasteiger partial charge on any atom is 0.315 e. The van der Waals surface area contributed by atoms with E-state index in [0.29, 0.717) is 24.3 Å². The summed E-state index contributed by atoms with van der Waals surface area (Å²) in [5.41, 5.74) is 2.01. The molecule has 1 aliphatic heterocycles. The lowest BCUT2D eigenvalue weighted by molar-refractivity contribution is -0.00539. The lowest BCUT2D eigenvalue weighted by Crippen LogP contribution is -2.45. The van der Waals surface area contributed by atoms with Crippen molar-refractivity contribution in [2.24, 2.45) is 0 Å². The fourth-order valence-electron chi connectivity index (χ4n) is 3.32. The maximum absolute atomic E-state index is 14.6. The van der Waals surface area contributed by atoms with E-state index < -0.39 is 0 Å². The molecule has 2 amide bonds. The first kappa shape index (κ1) is 20.1. The van der Waals surface area contributed by atoms with Gasteiger partial charge in [-0.1, -0.05) is 18.2 Å². The lowest BCUT2D eigenvalue weighted by Gasteiger charge is -2.37. The molecule has 150 valence electrons. The van der Waals surface area contributed by atoms with Gasteiger partial charge in [-0.2, -0.15) is 0 Å². The summed E-state index contributed by atoms with van der Waals surface area (Å²) in [5, 5.41) is 5.38. The minimum Gasteiger partial charge on any atom is -0.372 e. The van der Waals surface area contributed by atoms with E-state index in [1.807, 2.05) is 24.8 Å². The quantitative estimate of drug-likeness (QED) is 0.822. The molecule has 2 aromatic rings. The Labute approximate surface area is 163 Å². The summed E-state index contributed by atoms with van der Waals surface area (Å²) in [5.74, 6) is -0.632. The van der Waals surface area contributed by atoms with Crippen molar-refractivity contribution >= 4 is 11.7 Å². The summed E-state index contributed by atoms with van der Waals surface area (Å²) in [7, 11) is 0. The predicted octanol–water partition coefficient (Wildman–Crippen LogP) is 3.58. The Kier molecular flexibility index (Phi) is 6.46. The Bertz CT molecular complexity index is 804. The molecule has 2 N–H and O–H groups in total. The highest BCUT2D eigenvalue weighted by Gasteiger charge is 2.24. The van der Waals surface area contributed by atoms with Gasteiger partial charge in [0.05, 0.1) is 17.9 Å². The van der Waals surface area contributed by atoms with Crippen LogP contribution in [0.15, 0.2) is 42.5 Å². The third-order valence-corrected chi connectivity index (χ3v) is 4.59. The maximum atomic E-state index is 14.6. The molecule has 0 aromatic heterocycles. The molecular weight excluding hydrogens is 364 g/mol. The molecule has 0 radical (unpaired) electrons. The molecule has 1 aliphatic rings. The van der Waals surface area contributed by atoms with E-state index in [1.54, 1.807) is 18.2 Å². The second-order valence-electron chi connectivity index (χ2n) is 7.11. The number of carbonyl (C=O) groups excluding carboxylic acids is 1. The molecule has 3 rings (SSSR count). The number of hydrogen-bond acceptors (Lipinski definition) is 3. The monoisotopic (exact) mass is 389 g/mol. The van der Waals surface area contributed by atoms with Gasteiger partial charge in [0.1, 0.15) is 11.6 Å². The fourth-order valence-corrected chi connectivity index (χ4v) is 3.32. The van der Waals surface area contributed by atoms with E-state index in [-0.39, 0.29) is 43.0 Å². The largest absolute Gasteiger partial charge is 0.372 e. The van der Waals surface area contributed by atoms with Crippen molar-refractivity contribution in [2.45, 2.75) is 39.1 Å². The number of rotatable bonds is 5. The Morgan fingerprint density at radius 2 is 1.57 bits per heavy atom. The third kappa shape index (κ3) is 5.42. The Morgan fingerprint density at radius 1 is 1.00 bits per heavy atom. The minimum absolute atomic E-state index is 0.0503. The van der Waals surface area contributed by atoms with Crippen molar-refractivity contribution in [3.63, 3.8) is 0 Å². The molecule has 0 saturated carbocycles. The van der Waals surface area contributed by atoms with Crippen molar-refractivity contribution in [3.8, 4) is 0 Å². The molecule has 2 atom stereocenters. The van der Waals surface area contributed by atoms with Crippen LogP contribution in [0, 0.1) is 11.6 Å². The van der Waals surface area contributed by atoms with Crippen molar-refractivity contribution in [1.29, 1.82) is 0 Å². The Hall–Kier alpha value is -2.67. The fraction of sp³-hybridized carbons (Fsp3) is 0.381. The molecular formula is C21H25F2N3O2. The number of nitrogens with zero attached hydrogens (tertiary/aromatic N) is 1. The van der Waals surface area contributed by atoms with Crippen molar-refractivity contribution in [3.05, 3.63) is 65.2 Å². The molecule has 2 aromatic carbocycles. The van der Waals surface area contributed by atoms with Crippen molar-refractivity contribution in [1.82, 2.24) is 10.6 Å². The van der Waals surface area contributed by atoms with Crippen molar-refractivity contribution in [2.75, 3.05) is 18.0 Å². The number of urea groups is 1. The topological polar surface area (TPSA) is 53.6 Å². The van der Waals surface area contributed by atoms with Gasteiger partial charge in [-0.25, -0.2) is 13.6 Å². The van der Waals surface area contributed by atoms with E-state index >= 15 is 0 Å². The third-order valence-electron chi connectivity index (χ3n) is 4.59. The summed E-state index contributed by atoms with van der Waals surface area (Å²) in [6.07, 6.45) is 0.101. The van der Waals surface area contributed by atoms with Gasteiger partial charge in [0.25, 0.3) is 0 Å². The number of morpholine rings is 1. The number of benzene rings is 2. The molecule has 7 heteroatoms. The van der Waals surface area contributed by atoms with Gasteiger partial charge in [-0.15, -0.1) is 0 Å². The summed E-state index contributed by atoms with van der Waals surface area (Å²) in [6.45, 7) is 5.73. The zero-order chi connectivity index (χ0) is 20.1. The van der Waals surface area contributed by atoms with Crippen molar-refractivity contribution < 1.29 is 18.3 Å². The van der Waals surface area contributed by atoms with E-state index in [9.17, 15) is 13.6 Å². The molecule has 1 saturated heterocycles. The molecule has 28 heavy (non-hydrogen) atoms. The van der Waals surface area contributed by atoms with Crippen LogP contribution in [0.3, 0.4) is 0 Å². The number of amides is 2. The van der Waals surface area contributed by atoms with Gasteiger partial charge >= 0.3 is 6.03 Å². The Morgan fingerprint density at radius 3 is 2.18 bits per heavy atom. The standard InChI is InChI=1S/C21H25F2N3O2/c1-14-12-26(13-15(2)28-14)20-8-5-17(9-19(20)23)11-25-21(27)24-10-16-3-6-18(22)7-4-16/h3-9,14-15H,10-13H2,1-2H3,(H2,24,25,27). The molecule has 2 unspecified atom stereocenters. The SMILES string of the molecule is CC1CN(c2ccc(CNC(=O)NCc3ccc(F)cc3)cc2F)CC(C)O1. The number of halogens is 2. The van der Waals surface area contributed by atoms with Gasteiger partial charge < -0.3 is 20.3 Å². The van der Waals surface area contributed by atoms with Crippen LogP contribution in [0.25, 0.3) is 0 Å². The highest BCUT2D eigenvalue weighted by atomic mass is 19.1. The van der Waals surface area contributed by atoms with Gasteiger partial charge in [-0.3, -0.25) is 0 Å². The van der Waals surface area contributed by atoms with Gasteiger partial charge in [0.2, 0.25) is 0 Å². The second kappa shape index (κ2) is 9.01. The predicted molar refractivity (Wildman–Crippen MR) is 104 cm³/mol. The average molecular weight is 389 g/mol. The van der Waals surface area contributed by atoms with E-state index in [1.165, 1.54) is 18.2 Å². The number of nitrogens with one attached hydrogen (secondary N) is 2. The highest BCUT2D eigenvalue weighted by Crippen LogP contribution is 2.24. The zero-order valence-corrected chi connectivity index (χ0v) is 16.0. The normalized spacial score (nSPS) is 19.4. The summed E-state index contributed by atoms with van der Waals surface area (Å²) < 4.78 is 33.1. The van der Waals surface area contributed by atoms with Crippen LogP contribution in [0.1, 0.15) is 25.0 Å². The molecule has 0 bridgehead atoms. The van der Waals surface area contributed by atoms with Gasteiger partial charge in [0.15, 0.2) is 0 Å². The molecule has 5 nitrogen and oxygen atoms in total. The first-order valence-electron chi connectivity index (χ1n) is 9.35. The second-order valence-corrected chi connectivity index (χ2v) is 7.11. The van der Waals surface area contributed by atoms with E-state index in [4.69, 9.17) is 4.74 Å². The van der Waals surface area contributed by atoms with Crippen LogP contribution in [0.5, 0.6) is 0 Å². The molecule has 1 heterocycles. The lowest BCUT2D eigenvalue weighted by atomic mass is 10.1. The van der Waals surface area contributed by atoms with Crippen LogP contribution < -0.4 is 15.5 Å². The zero-order valence-electron chi connectivity index (χ0n) is 16.0. The Balaban J connectivity index is 1.51. The smallest absolute Gasteiger partial charge is 0.315 e. The first-order chi connectivity index (χ1) is 13.4. The van der Waals surface area contributed by atoms with Gasteiger partial charge in [0, 0.05) is 26.2 Å². The summed E-state index contributed by atoms with van der Waals surface area (Å²) in [6, 6.07) is 10.5. The minimum atomic E-state index is -0.371. The van der Waals surface area contributed by atoms with E-state index in [0.717, 1.165) is 5.56 Å². The average Bonchev–Trinajstić information content (AvgIpc) is 2.65. The first-order valence-corrected chi connectivity index (χ1v) is 9.35.